The van der Waals surface area contributed by atoms with Crippen molar-refractivity contribution in [2.75, 3.05) is 6.54 Å². The summed E-state index contributed by atoms with van der Waals surface area (Å²) < 4.78 is 0. The van der Waals surface area contributed by atoms with E-state index in [0.29, 0.717) is 12.6 Å². The molecular formula is C15H25NO. The van der Waals surface area contributed by atoms with Gasteiger partial charge in [0, 0.05) is 12.6 Å². The van der Waals surface area contributed by atoms with Gasteiger partial charge in [0.15, 0.2) is 0 Å². The molecule has 0 amide bonds. The number of aliphatic hydroxyl groups is 1. The van der Waals surface area contributed by atoms with Crippen LogP contribution in [0.15, 0.2) is 30.3 Å². The third-order valence-corrected chi connectivity index (χ3v) is 3.00. The molecule has 1 rings (SSSR count). The van der Waals surface area contributed by atoms with E-state index in [1.54, 1.807) is 0 Å². The lowest BCUT2D eigenvalue weighted by Crippen LogP contribution is -2.42. The molecular weight excluding hydrogens is 210 g/mol. The van der Waals surface area contributed by atoms with E-state index in [-0.39, 0.29) is 0 Å². The summed E-state index contributed by atoms with van der Waals surface area (Å²) in [5, 5.41) is 13.5. The normalized spacial score (nSPS) is 16.5. The van der Waals surface area contributed by atoms with Crippen molar-refractivity contribution in [3.05, 3.63) is 35.9 Å². The van der Waals surface area contributed by atoms with Gasteiger partial charge in [-0.05, 0) is 32.3 Å². The molecule has 0 heterocycles. The Kier molecular flexibility index (Phi) is 5.66. The molecule has 2 heteroatoms. The highest BCUT2D eigenvalue weighted by Crippen LogP contribution is 2.11. The maximum absolute atomic E-state index is 10.1. The first-order valence-corrected chi connectivity index (χ1v) is 6.53. The van der Waals surface area contributed by atoms with Crippen LogP contribution in [0.1, 0.15) is 39.2 Å². The maximum Gasteiger partial charge on any atom is 0.0743 e. The Morgan fingerprint density at radius 2 is 1.94 bits per heavy atom. The molecule has 2 unspecified atom stereocenters. The zero-order chi connectivity index (χ0) is 12.7. The second-order valence-corrected chi connectivity index (χ2v) is 5.22. The minimum atomic E-state index is -0.584. The number of hydrogen-bond donors (Lipinski definition) is 2. The first kappa shape index (κ1) is 14.2. The van der Waals surface area contributed by atoms with E-state index in [4.69, 9.17) is 0 Å². The van der Waals surface area contributed by atoms with Crippen molar-refractivity contribution in [1.82, 2.24) is 5.32 Å². The molecule has 0 aliphatic rings. The molecule has 2 N–H and O–H groups in total. The Morgan fingerprint density at radius 3 is 2.53 bits per heavy atom. The Morgan fingerprint density at radius 1 is 1.29 bits per heavy atom. The molecule has 0 saturated heterocycles. The second-order valence-electron chi connectivity index (χ2n) is 5.22. The van der Waals surface area contributed by atoms with Gasteiger partial charge in [-0.1, -0.05) is 43.7 Å². The van der Waals surface area contributed by atoms with Crippen LogP contribution in [-0.2, 0) is 6.42 Å². The fourth-order valence-corrected chi connectivity index (χ4v) is 2.06. The van der Waals surface area contributed by atoms with Gasteiger partial charge in [0.05, 0.1) is 5.60 Å². The fourth-order valence-electron chi connectivity index (χ4n) is 2.06. The van der Waals surface area contributed by atoms with Crippen LogP contribution in [0.5, 0.6) is 0 Å². The summed E-state index contributed by atoms with van der Waals surface area (Å²) in [6, 6.07) is 10.8. The summed E-state index contributed by atoms with van der Waals surface area (Å²) in [6.07, 6.45) is 2.86. The molecule has 0 fully saturated rings. The van der Waals surface area contributed by atoms with Gasteiger partial charge in [-0.2, -0.15) is 0 Å². The lowest BCUT2D eigenvalue weighted by atomic mass is 9.99. The molecule has 2 atom stereocenters. The summed E-state index contributed by atoms with van der Waals surface area (Å²) >= 11 is 0. The van der Waals surface area contributed by atoms with Crippen molar-refractivity contribution in [2.24, 2.45) is 0 Å². The number of rotatable bonds is 7. The minimum Gasteiger partial charge on any atom is -0.389 e. The van der Waals surface area contributed by atoms with Crippen LogP contribution < -0.4 is 5.32 Å². The highest BCUT2D eigenvalue weighted by Gasteiger charge is 2.19. The molecule has 0 saturated carbocycles. The number of nitrogens with one attached hydrogen (secondary N) is 1. The van der Waals surface area contributed by atoms with Gasteiger partial charge in [0.25, 0.3) is 0 Å². The van der Waals surface area contributed by atoms with Crippen LogP contribution in [0.2, 0.25) is 0 Å². The van der Waals surface area contributed by atoms with Gasteiger partial charge in [-0.25, -0.2) is 0 Å². The predicted molar refractivity (Wildman–Crippen MR) is 73.1 cm³/mol. The van der Waals surface area contributed by atoms with E-state index in [1.807, 2.05) is 13.0 Å². The SMILES string of the molecule is CCCC(C)(O)CNC(C)Cc1ccccc1. The minimum absolute atomic E-state index is 0.390. The van der Waals surface area contributed by atoms with E-state index in [0.717, 1.165) is 19.3 Å². The van der Waals surface area contributed by atoms with Gasteiger partial charge in [-0.15, -0.1) is 0 Å². The molecule has 0 aliphatic carbocycles. The third-order valence-electron chi connectivity index (χ3n) is 3.00. The smallest absolute Gasteiger partial charge is 0.0743 e. The molecule has 1 aromatic carbocycles. The Hall–Kier alpha value is -0.860. The van der Waals surface area contributed by atoms with Gasteiger partial charge >= 0.3 is 0 Å². The summed E-state index contributed by atoms with van der Waals surface area (Å²) in [7, 11) is 0. The van der Waals surface area contributed by atoms with E-state index in [2.05, 4.69) is 43.4 Å². The number of hydrogen-bond acceptors (Lipinski definition) is 2. The summed E-state index contributed by atoms with van der Waals surface area (Å²) in [5.74, 6) is 0. The predicted octanol–water partition coefficient (Wildman–Crippen LogP) is 2.76. The molecule has 0 aliphatic heterocycles. The Balaban J connectivity index is 2.33. The first-order chi connectivity index (χ1) is 8.03. The van der Waals surface area contributed by atoms with Crippen molar-refractivity contribution in [3.8, 4) is 0 Å². The Bertz CT molecular complexity index is 308. The quantitative estimate of drug-likeness (QED) is 0.761. The van der Waals surface area contributed by atoms with Crippen molar-refractivity contribution in [3.63, 3.8) is 0 Å². The van der Waals surface area contributed by atoms with Crippen LogP contribution >= 0.6 is 0 Å². The van der Waals surface area contributed by atoms with Gasteiger partial charge in [-0.3, -0.25) is 0 Å². The average Bonchev–Trinajstić information content (AvgIpc) is 2.28. The zero-order valence-electron chi connectivity index (χ0n) is 11.2. The maximum atomic E-state index is 10.1. The fraction of sp³-hybridized carbons (Fsp3) is 0.600. The molecule has 17 heavy (non-hydrogen) atoms. The summed E-state index contributed by atoms with van der Waals surface area (Å²) in [5.41, 5.74) is 0.752. The van der Waals surface area contributed by atoms with Crippen LogP contribution in [-0.4, -0.2) is 23.3 Å². The van der Waals surface area contributed by atoms with Crippen molar-refractivity contribution in [1.29, 1.82) is 0 Å². The van der Waals surface area contributed by atoms with Crippen LogP contribution in [0.3, 0.4) is 0 Å². The van der Waals surface area contributed by atoms with Crippen LogP contribution in [0.4, 0.5) is 0 Å². The van der Waals surface area contributed by atoms with Crippen molar-refractivity contribution >= 4 is 0 Å². The molecule has 0 bridgehead atoms. The highest BCUT2D eigenvalue weighted by atomic mass is 16.3. The van der Waals surface area contributed by atoms with Crippen LogP contribution in [0, 0.1) is 0 Å². The monoisotopic (exact) mass is 235 g/mol. The molecule has 2 nitrogen and oxygen atoms in total. The molecule has 0 spiro atoms. The van der Waals surface area contributed by atoms with Crippen LogP contribution in [0.25, 0.3) is 0 Å². The molecule has 0 radical (unpaired) electrons. The van der Waals surface area contributed by atoms with E-state index in [9.17, 15) is 5.11 Å². The third kappa shape index (κ3) is 5.85. The number of benzene rings is 1. The van der Waals surface area contributed by atoms with E-state index in [1.165, 1.54) is 5.56 Å². The largest absolute Gasteiger partial charge is 0.389 e. The second kappa shape index (κ2) is 6.77. The standard InChI is InChI=1S/C15H25NO/c1-4-10-15(3,17)12-16-13(2)11-14-8-6-5-7-9-14/h5-9,13,16-17H,4,10-12H2,1-3H3. The van der Waals surface area contributed by atoms with Gasteiger partial charge in [0.2, 0.25) is 0 Å². The molecule has 1 aromatic rings. The topological polar surface area (TPSA) is 32.3 Å². The molecule has 0 aromatic heterocycles. The summed E-state index contributed by atoms with van der Waals surface area (Å²) in [6.45, 7) is 6.82. The van der Waals surface area contributed by atoms with Gasteiger partial charge in [0.1, 0.15) is 0 Å². The van der Waals surface area contributed by atoms with E-state index < -0.39 is 5.60 Å². The summed E-state index contributed by atoms with van der Waals surface area (Å²) in [4.78, 5) is 0. The van der Waals surface area contributed by atoms with E-state index >= 15 is 0 Å². The highest BCUT2D eigenvalue weighted by molar-refractivity contribution is 5.15. The first-order valence-electron chi connectivity index (χ1n) is 6.53. The lowest BCUT2D eigenvalue weighted by Gasteiger charge is -2.25. The van der Waals surface area contributed by atoms with Crippen molar-refractivity contribution < 1.29 is 5.11 Å². The van der Waals surface area contributed by atoms with Crippen molar-refractivity contribution in [2.45, 2.75) is 51.7 Å². The zero-order valence-corrected chi connectivity index (χ0v) is 11.2. The molecule has 96 valence electrons. The average molecular weight is 235 g/mol. The van der Waals surface area contributed by atoms with Gasteiger partial charge < -0.3 is 10.4 Å². The lowest BCUT2D eigenvalue weighted by molar-refractivity contribution is 0.0477. The Labute approximate surface area is 105 Å².